The van der Waals surface area contributed by atoms with Crippen LogP contribution in [-0.2, 0) is 4.79 Å². The third kappa shape index (κ3) is 2.86. The second kappa shape index (κ2) is 5.73. The van der Waals surface area contributed by atoms with Crippen LogP contribution in [0.4, 0.5) is 0 Å². The predicted octanol–water partition coefficient (Wildman–Crippen LogP) is 1.89. The molecule has 2 aromatic heterocycles. The van der Waals surface area contributed by atoms with Crippen LogP contribution in [0.5, 0.6) is 5.75 Å². The number of hydrogen-bond acceptors (Lipinski definition) is 3. The van der Waals surface area contributed by atoms with Crippen molar-refractivity contribution in [2.45, 2.75) is 20.8 Å². The van der Waals surface area contributed by atoms with Crippen molar-refractivity contribution in [1.82, 2.24) is 14.3 Å². The molecule has 1 amide bonds. The number of imidazole rings is 1. The number of pyridine rings is 1. The topological polar surface area (TPSA) is 46.8 Å². The molecule has 2 rings (SSSR count). The highest BCUT2D eigenvalue weighted by molar-refractivity contribution is 5.78. The number of carbonyl (C=O) groups is 1. The molecular formula is C14H19N3O2. The third-order valence-electron chi connectivity index (χ3n) is 3.03. The quantitative estimate of drug-likeness (QED) is 0.825. The summed E-state index contributed by atoms with van der Waals surface area (Å²) in [5.41, 5.74) is 1.67. The molecule has 5 heteroatoms. The molecule has 102 valence electrons. The molecule has 0 aliphatic heterocycles. The molecule has 2 heterocycles. The minimum Gasteiger partial charge on any atom is -0.480 e. The molecule has 0 spiro atoms. The van der Waals surface area contributed by atoms with Gasteiger partial charge in [0.2, 0.25) is 0 Å². The minimum atomic E-state index is -0.00437. The van der Waals surface area contributed by atoms with Crippen molar-refractivity contribution in [3.63, 3.8) is 0 Å². The van der Waals surface area contributed by atoms with Gasteiger partial charge in [-0.05, 0) is 32.9 Å². The van der Waals surface area contributed by atoms with Gasteiger partial charge < -0.3 is 14.0 Å². The highest BCUT2D eigenvalue weighted by atomic mass is 16.5. The molecule has 19 heavy (non-hydrogen) atoms. The predicted molar refractivity (Wildman–Crippen MR) is 73.4 cm³/mol. The monoisotopic (exact) mass is 261 g/mol. The van der Waals surface area contributed by atoms with Crippen LogP contribution in [0.15, 0.2) is 24.5 Å². The summed E-state index contributed by atoms with van der Waals surface area (Å²) in [6.45, 7) is 7.29. The maximum atomic E-state index is 11.9. The summed E-state index contributed by atoms with van der Waals surface area (Å²) >= 11 is 0. The van der Waals surface area contributed by atoms with Crippen molar-refractivity contribution in [3.8, 4) is 5.75 Å². The van der Waals surface area contributed by atoms with E-state index in [-0.39, 0.29) is 12.5 Å². The Morgan fingerprint density at radius 1 is 1.42 bits per heavy atom. The summed E-state index contributed by atoms with van der Waals surface area (Å²) in [6, 6.07) is 3.71. The second-order valence-corrected chi connectivity index (χ2v) is 4.34. The number of aryl methyl sites for hydroxylation is 1. The molecule has 0 aromatic carbocycles. The maximum absolute atomic E-state index is 11.9. The summed E-state index contributed by atoms with van der Waals surface area (Å²) in [6.07, 6.45) is 3.84. The van der Waals surface area contributed by atoms with Crippen LogP contribution in [-0.4, -0.2) is 39.9 Å². The Bertz CT molecular complexity index is 573. The molecule has 0 saturated heterocycles. The number of hydrogen-bond donors (Lipinski definition) is 0. The largest absolute Gasteiger partial charge is 0.480 e. The molecule has 0 aliphatic carbocycles. The Morgan fingerprint density at radius 3 is 2.84 bits per heavy atom. The number of nitrogens with zero attached hydrogens (tertiary/aromatic N) is 3. The first-order chi connectivity index (χ1) is 9.15. The van der Waals surface area contributed by atoms with Crippen LogP contribution in [0.25, 0.3) is 5.65 Å². The first-order valence-corrected chi connectivity index (χ1v) is 6.50. The number of likely N-dealkylation sites (N-methyl/N-ethyl adjacent to an activating group) is 1. The highest BCUT2D eigenvalue weighted by Gasteiger charge is 2.12. The summed E-state index contributed by atoms with van der Waals surface area (Å²) in [7, 11) is 0. The first kappa shape index (κ1) is 13.4. The van der Waals surface area contributed by atoms with Crippen LogP contribution < -0.4 is 4.74 Å². The van der Waals surface area contributed by atoms with Crippen molar-refractivity contribution in [2.75, 3.05) is 19.7 Å². The lowest BCUT2D eigenvalue weighted by molar-refractivity contribution is -0.132. The van der Waals surface area contributed by atoms with Gasteiger partial charge in [0.25, 0.3) is 5.91 Å². The number of rotatable bonds is 5. The van der Waals surface area contributed by atoms with Gasteiger partial charge in [-0.15, -0.1) is 0 Å². The van der Waals surface area contributed by atoms with E-state index in [2.05, 4.69) is 4.98 Å². The fraction of sp³-hybridized carbons (Fsp3) is 0.429. The number of carbonyl (C=O) groups excluding carboxylic acids is 1. The molecule has 0 fully saturated rings. The van der Waals surface area contributed by atoms with E-state index in [1.54, 1.807) is 4.90 Å². The van der Waals surface area contributed by atoms with Gasteiger partial charge in [0, 0.05) is 25.5 Å². The Balaban J connectivity index is 2.11. The summed E-state index contributed by atoms with van der Waals surface area (Å²) in [5, 5.41) is 0. The minimum absolute atomic E-state index is 0.00437. The van der Waals surface area contributed by atoms with Gasteiger partial charge in [-0.2, -0.15) is 0 Å². The second-order valence-electron chi connectivity index (χ2n) is 4.34. The van der Waals surface area contributed by atoms with Gasteiger partial charge in [0.05, 0.1) is 5.69 Å². The number of fused-ring (bicyclic) bond motifs is 1. The van der Waals surface area contributed by atoms with Crippen LogP contribution >= 0.6 is 0 Å². The molecule has 0 radical (unpaired) electrons. The standard InChI is InChI=1S/C14H19N3O2/c1-4-16(5-2)13(18)10-19-12-7-6-8-17-9-11(3)15-14(12)17/h6-9H,4-5,10H2,1-3H3. The third-order valence-corrected chi connectivity index (χ3v) is 3.03. The van der Waals surface area contributed by atoms with E-state index < -0.39 is 0 Å². The van der Waals surface area contributed by atoms with E-state index in [4.69, 9.17) is 4.74 Å². The van der Waals surface area contributed by atoms with E-state index in [0.29, 0.717) is 18.8 Å². The molecule has 2 aromatic rings. The SMILES string of the molecule is CCN(CC)C(=O)COc1cccn2cc(C)nc12. The normalized spacial score (nSPS) is 10.7. The van der Waals surface area contributed by atoms with Gasteiger partial charge in [-0.3, -0.25) is 4.79 Å². The molecular weight excluding hydrogens is 242 g/mol. The van der Waals surface area contributed by atoms with Crippen LogP contribution in [0, 0.1) is 6.92 Å². The highest BCUT2D eigenvalue weighted by Crippen LogP contribution is 2.18. The smallest absolute Gasteiger partial charge is 0.260 e. The zero-order chi connectivity index (χ0) is 13.8. The molecule has 0 bridgehead atoms. The van der Waals surface area contributed by atoms with Gasteiger partial charge >= 0.3 is 0 Å². The van der Waals surface area contributed by atoms with Crippen molar-refractivity contribution in [2.24, 2.45) is 0 Å². The average molecular weight is 261 g/mol. The molecule has 0 atom stereocenters. The van der Waals surface area contributed by atoms with E-state index in [1.807, 2.05) is 49.7 Å². The lowest BCUT2D eigenvalue weighted by Gasteiger charge is -2.18. The Hall–Kier alpha value is -2.04. The first-order valence-electron chi connectivity index (χ1n) is 6.50. The average Bonchev–Trinajstić information content (AvgIpc) is 2.78. The molecule has 0 unspecified atom stereocenters. The Morgan fingerprint density at radius 2 is 2.16 bits per heavy atom. The molecule has 0 saturated carbocycles. The zero-order valence-electron chi connectivity index (χ0n) is 11.6. The van der Waals surface area contributed by atoms with E-state index in [1.165, 1.54) is 0 Å². The van der Waals surface area contributed by atoms with Gasteiger partial charge in [-0.1, -0.05) is 0 Å². The fourth-order valence-corrected chi connectivity index (χ4v) is 2.03. The van der Waals surface area contributed by atoms with Gasteiger partial charge in [-0.25, -0.2) is 4.98 Å². The van der Waals surface area contributed by atoms with Crippen molar-refractivity contribution < 1.29 is 9.53 Å². The van der Waals surface area contributed by atoms with E-state index >= 15 is 0 Å². The molecule has 0 N–H and O–H groups in total. The molecule has 5 nitrogen and oxygen atoms in total. The number of ether oxygens (including phenoxy) is 1. The Kier molecular flexibility index (Phi) is 4.04. The van der Waals surface area contributed by atoms with Crippen molar-refractivity contribution in [3.05, 3.63) is 30.2 Å². The van der Waals surface area contributed by atoms with Gasteiger partial charge in [0.1, 0.15) is 0 Å². The summed E-state index contributed by atoms with van der Waals surface area (Å²) in [5.74, 6) is 0.631. The van der Waals surface area contributed by atoms with Crippen LogP contribution in [0.1, 0.15) is 19.5 Å². The van der Waals surface area contributed by atoms with Crippen LogP contribution in [0.2, 0.25) is 0 Å². The Labute approximate surface area is 112 Å². The van der Waals surface area contributed by atoms with E-state index in [9.17, 15) is 4.79 Å². The van der Waals surface area contributed by atoms with Crippen molar-refractivity contribution >= 4 is 11.6 Å². The van der Waals surface area contributed by atoms with Gasteiger partial charge in [0.15, 0.2) is 18.0 Å². The number of amides is 1. The lowest BCUT2D eigenvalue weighted by atomic mass is 10.4. The van der Waals surface area contributed by atoms with E-state index in [0.717, 1.165) is 11.3 Å². The lowest BCUT2D eigenvalue weighted by Crippen LogP contribution is -2.34. The fourth-order valence-electron chi connectivity index (χ4n) is 2.03. The number of aromatic nitrogens is 2. The molecule has 0 aliphatic rings. The zero-order valence-corrected chi connectivity index (χ0v) is 11.6. The summed E-state index contributed by atoms with van der Waals surface area (Å²) < 4.78 is 7.50. The van der Waals surface area contributed by atoms with Crippen LogP contribution in [0.3, 0.4) is 0 Å². The summed E-state index contributed by atoms with van der Waals surface area (Å²) in [4.78, 5) is 18.0. The maximum Gasteiger partial charge on any atom is 0.260 e. The van der Waals surface area contributed by atoms with Crippen molar-refractivity contribution in [1.29, 1.82) is 0 Å².